The number of anilines is 4. The molecule has 1 aliphatic heterocycles. The average molecular weight is 605 g/mol. The number of thiazole rings is 1. The Morgan fingerprint density at radius 3 is 2.61 bits per heavy atom. The molecule has 2 aromatic carbocycles. The van der Waals surface area contributed by atoms with E-state index in [1.807, 2.05) is 37.0 Å². The van der Waals surface area contributed by atoms with E-state index in [1.54, 1.807) is 23.7 Å². The minimum Gasteiger partial charge on any atom is -0.378 e. The normalized spacial score (nSPS) is 13.3. The first kappa shape index (κ1) is 19.9. The number of rotatable bonds is 2. The molecule has 0 unspecified atom stereocenters. The molecular weight excluding hydrogens is 587 g/mol. The van der Waals surface area contributed by atoms with Gasteiger partial charge in [-0.2, -0.15) is 23.5 Å². The Kier molecular flexibility index (Phi) is 4.51. The summed E-state index contributed by atoms with van der Waals surface area (Å²) >= 11 is 1.67. The van der Waals surface area contributed by atoms with Crippen LogP contribution in [0.3, 0.4) is 0 Å². The van der Waals surface area contributed by atoms with Crippen molar-refractivity contribution in [2.45, 2.75) is 0 Å². The molecule has 0 atom stereocenters. The first-order chi connectivity index (χ1) is 14.5. The second kappa shape index (κ2) is 7.02. The minimum atomic E-state index is 0. The maximum absolute atomic E-state index is 4.86. The van der Waals surface area contributed by atoms with Gasteiger partial charge in [0.15, 0.2) is 16.6 Å². The molecule has 0 N–H and O–H groups in total. The zero-order chi connectivity index (χ0) is 20.6. The Morgan fingerprint density at radius 1 is 1.06 bits per heavy atom. The minimum absolute atomic E-state index is 0. The van der Waals surface area contributed by atoms with Gasteiger partial charge in [-0.25, -0.2) is 15.0 Å². The molecule has 6 rings (SSSR count). The predicted octanol–water partition coefficient (Wildman–Crippen LogP) is 4.41. The van der Waals surface area contributed by atoms with Crippen molar-refractivity contribution in [1.29, 1.82) is 0 Å². The molecule has 1 radical (unpaired) electrons. The molecule has 157 valence electrons. The van der Waals surface area contributed by atoms with Crippen LogP contribution >= 0.6 is 11.3 Å². The van der Waals surface area contributed by atoms with E-state index in [9.17, 15) is 0 Å². The van der Waals surface area contributed by atoms with E-state index in [1.165, 1.54) is 0 Å². The Bertz CT molecular complexity index is 1490. The summed E-state index contributed by atoms with van der Waals surface area (Å²) in [5.74, 6) is 2.35. The first-order valence-electron chi connectivity index (χ1n) is 9.50. The average Bonchev–Trinajstić information content (AvgIpc) is 3.36. The molecule has 5 aromatic rings. The van der Waals surface area contributed by atoms with Gasteiger partial charge in [-0.1, -0.05) is 17.0 Å². The summed E-state index contributed by atoms with van der Waals surface area (Å²) in [6, 6.07) is 13.9. The summed E-state index contributed by atoms with van der Waals surface area (Å²) in [6.07, 6.45) is 3.40. The fraction of sp³-hybridized carbons (Fsp3) is 0.136. The van der Waals surface area contributed by atoms with Crippen LogP contribution in [0.25, 0.3) is 26.2 Å². The van der Waals surface area contributed by atoms with Crippen molar-refractivity contribution >= 4 is 60.6 Å². The van der Waals surface area contributed by atoms with E-state index < -0.39 is 0 Å². The van der Waals surface area contributed by atoms with Crippen molar-refractivity contribution in [3.05, 3.63) is 61.2 Å². The molecule has 4 heterocycles. The molecule has 7 nitrogen and oxygen atoms in total. The van der Waals surface area contributed by atoms with Crippen molar-refractivity contribution in [1.82, 2.24) is 19.4 Å². The summed E-state index contributed by atoms with van der Waals surface area (Å²) in [5.41, 5.74) is 5.20. The van der Waals surface area contributed by atoms with Crippen LogP contribution in [0.5, 0.6) is 0 Å². The smallest absolute Gasteiger partial charge is 0.181 e. The van der Waals surface area contributed by atoms with Crippen LogP contribution in [0.15, 0.2) is 55.1 Å². The fourth-order valence-electron chi connectivity index (χ4n) is 3.93. The monoisotopic (exact) mass is 605 g/mol. The van der Waals surface area contributed by atoms with Crippen molar-refractivity contribution in [2.24, 2.45) is 0 Å². The van der Waals surface area contributed by atoms with Crippen molar-refractivity contribution in [3.63, 3.8) is 0 Å². The molecule has 3 aromatic heterocycles. The number of hydrogen-bond donors (Lipinski definition) is 0. The van der Waals surface area contributed by atoms with Gasteiger partial charge >= 0.3 is 0 Å². The van der Waals surface area contributed by atoms with Gasteiger partial charge in [-0.15, -0.1) is 6.07 Å². The molecule has 9 heteroatoms. The van der Waals surface area contributed by atoms with Gasteiger partial charge in [0, 0.05) is 59.3 Å². The topological polar surface area (TPSA) is 52.8 Å². The van der Waals surface area contributed by atoms with Gasteiger partial charge in [0.2, 0.25) is 0 Å². The predicted molar refractivity (Wildman–Crippen MR) is 123 cm³/mol. The largest absolute Gasteiger partial charge is 0.378 e. The van der Waals surface area contributed by atoms with Gasteiger partial charge < -0.3 is 19.1 Å². The Morgan fingerprint density at radius 2 is 1.84 bits per heavy atom. The maximum atomic E-state index is 4.86. The third-order valence-corrected chi connectivity index (χ3v) is 6.52. The van der Waals surface area contributed by atoms with Crippen LogP contribution in [0.1, 0.15) is 0 Å². The number of aromatic nitrogens is 4. The van der Waals surface area contributed by atoms with Gasteiger partial charge in [-0.3, -0.25) is 0 Å². The van der Waals surface area contributed by atoms with Crippen LogP contribution in [0, 0.1) is 6.07 Å². The Labute approximate surface area is 196 Å². The van der Waals surface area contributed by atoms with Crippen molar-refractivity contribution < 1.29 is 20.1 Å². The Hall–Kier alpha value is -3.00. The zero-order valence-electron chi connectivity index (χ0n) is 17.1. The number of imidazole rings is 1. The van der Waals surface area contributed by atoms with E-state index in [0.29, 0.717) is 0 Å². The molecule has 31 heavy (non-hydrogen) atoms. The van der Waals surface area contributed by atoms with E-state index in [0.717, 1.165) is 55.0 Å². The summed E-state index contributed by atoms with van der Waals surface area (Å²) in [5, 5.41) is 0. The summed E-state index contributed by atoms with van der Waals surface area (Å²) in [7, 11) is 6.03. The number of fused-ring (bicyclic) bond motifs is 6. The molecule has 0 spiro atoms. The molecule has 1 aliphatic rings. The van der Waals surface area contributed by atoms with Crippen LogP contribution < -0.4 is 14.7 Å². The van der Waals surface area contributed by atoms with Crippen LogP contribution in [0.4, 0.5) is 23.0 Å². The van der Waals surface area contributed by atoms with E-state index in [2.05, 4.69) is 56.2 Å². The maximum Gasteiger partial charge on any atom is 0.181 e. The Balaban J connectivity index is 0.00000204. The van der Waals surface area contributed by atoms with Gasteiger partial charge in [0.1, 0.15) is 5.82 Å². The van der Waals surface area contributed by atoms with Crippen LogP contribution in [-0.2, 0) is 20.1 Å². The van der Waals surface area contributed by atoms with Gasteiger partial charge in [-0.05, 0) is 23.7 Å². The zero-order valence-corrected chi connectivity index (χ0v) is 20.3. The number of nitrogens with zero attached hydrogens (tertiary/aromatic N) is 7. The molecule has 0 amide bonds. The van der Waals surface area contributed by atoms with Crippen LogP contribution in [0.2, 0.25) is 0 Å². The quantitative estimate of drug-likeness (QED) is 0.279. The molecule has 0 fully saturated rings. The number of benzene rings is 2. The third-order valence-electron chi connectivity index (χ3n) is 5.52. The van der Waals surface area contributed by atoms with Gasteiger partial charge in [0.05, 0.1) is 11.0 Å². The molecule has 0 bridgehead atoms. The van der Waals surface area contributed by atoms with E-state index >= 15 is 0 Å². The summed E-state index contributed by atoms with van der Waals surface area (Å²) < 4.78 is 3.35. The first-order valence-corrected chi connectivity index (χ1v) is 10.3. The van der Waals surface area contributed by atoms with Crippen molar-refractivity contribution in [3.8, 4) is 0 Å². The fourth-order valence-corrected chi connectivity index (χ4v) is 4.93. The van der Waals surface area contributed by atoms with Crippen molar-refractivity contribution in [2.75, 3.05) is 35.8 Å². The molecule has 0 saturated heterocycles. The standard InChI is InChI=1S/C22H18N7S.Ir/c1-13-27(4)20-21(24-10-9-23-20)28(13)15-6-8-19-18(12-15)29-17-7-5-14(26(2)3)11-16(17)25-22(29)30-19;/h5,7-12H,1H2,2-4H3;/q-1;. The number of hydrogen-bond acceptors (Lipinski definition) is 7. The van der Waals surface area contributed by atoms with E-state index in [4.69, 9.17) is 4.98 Å². The third kappa shape index (κ3) is 2.77. The summed E-state index contributed by atoms with van der Waals surface area (Å²) in [6.45, 7) is 4.23. The molecule has 0 aliphatic carbocycles. The second-order valence-corrected chi connectivity index (χ2v) is 8.49. The van der Waals surface area contributed by atoms with E-state index in [-0.39, 0.29) is 20.1 Å². The van der Waals surface area contributed by atoms with Crippen LogP contribution in [-0.4, -0.2) is 40.5 Å². The molecule has 0 saturated carbocycles. The second-order valence-electron chi connectivity index (χ2n) is 7.48. The molecular formula is C22H18IrN7S-. The van der Waals surface area contributed by atoms with Gasteiger partial charge in [0.25, 0.3) is 0 Å². The SMILES string of the molecule is C=C1N(C)c2nccnc2N1c1[c-]cc2sc3nc4cc(N(C)C)ccc4n3c2c1.[Ir]. The summed E-state index contributed by atoms with van der Waals surface area (Å²) in [4.78, 5) is 20.9.